The van der Waals surface area contributed by atoms with Crippen LogP contribution in [0.1, 0.15) is 42.6 Å². The number of rotatable bonds is 6. The molecule has 3 heterocycles. The van der Waals surface area contributed by atoms with Gasteiger partial charge in [-0.05, 0) is 42.7 Å². The first-order valence-electron chi connectivity index (χ1n) is 10.0. The van der Waals surface area contributed by atoms with E-state index in [-0.39, 0.29) is 17.6 Å². The van der Waals surface area contributed by atoms with E-state index < -0.39 is 16.1 Å². The van der Waals surface area contributed by atoms with Crippen molar-refractivity contribution in [2.45, 2.75) is 26.3 Å². The first kappa shape index (κ1) is 21.0. The highest BCUT2D eigenvalue weighted by molar-refractivity contribution is 7.93. The third-order valence-corrected chi connectivity index (χ3v) is 6.95. The van der Waals surface area contributed by atoms with Gasteiger partial charge in [0.25, 0.3) is 5.91 Å². The Morgan fingerprint density at radius 3 is 2.74 bits per heavy atom. The van der Waals surface area contributed by atoms with Gasteiger partial charge in [-0.25, -0.2) is 8.42 Å². The molecule has 0 saturated carbocycles. The first-order chi connectivity index (χ1) is 14.8. The number of hydrogen-bond acceptors (Lipinski definition) is 7. The molecule has 1 atom stereocenters. The van der Waals surface area contributed by atoms with Crippen molar-refractivity contribution in [3.05, 3.63) is 60.2 Å². The average molecular weight is 442 g/mol. The Labute approximate surface area is 180 Å². The van der Waals surface area contributed by atoms with Crippen molar-refractivity contribution in [3.8, 4) is 11.4 Å². The van der Waals surface area contributed by atoms with E-state index in [1.807, 2.05) is 19.9 Å². The number of sulfonamides is 1. The van der Waals surface area contributed by atoms with Crippen molar-refractivity contribution in [3.63, 3.8) is 0 Å². The number of carbonyl (C=O) groups is 1. The van der Waals surface area contributed by atoms with Crippen LogP contribution >= 0.6 is 0 Å². The maximum absolute atomic E-state index is 13.0. The first-order valence-corrected chi connectivity index (χ1v) is 11.6. The average Bonchev–Trinajstić information content (AvgIpc) is 3.38. The van der Waals surface area contributed by atoms with Crippen LogP contribution in [0.5, 0.6) is 0 Å². The zero-order valence-corrected chi connectivity index (χ0v) is 18.0. The van der Waals surface area contributed by atoms with E-state index in [0.29, 0.717) is 41.5 Å². The summed E-state index contributed by atoms with van der Waals surface area (Å²) in [5.74, 6) is 0.436. The SMILES string of the molecule is CC(C)[C@@H](NC(=O)c1cccc(N2CCCS2(=O)=O)c1)c1nc(-c2cccnc2)no1. The van der Waals surface area contributed by atoms with Gasteiger partial charge in [0, 0.05) is 30.1 Å². The molecular weight excluding hydrogens is 418 g/mol. The van der Waals surface area contributed by atoms with Gasteiger partial charge >= 0.3 is 0 Å². The Bertz CT molecular complexity index is 1180. The minimum Gasteiger partial charge on any atom is -0.340 e. The normalized spacial score (nSPS) is 16.4. The number of anilines is 1. The molecule has 9 nitrogen and oxygen atoms in total. The summed E-state index contributed by atoms with van der Waals surface area (Å²) < 4.78 is 31.2. The number of benzene rings is 1. The summed E-state index contributed by atoms with van der Waals surface area (Å²) in [6.07, 6.45) is 3.86. The monoisotopic (exact) mass is 441 g/mol. The lowest BCUT2D eigenvalue weighted by Gasteiger charge is -2.20. The van der Waals surface area contributed by atoms with Crippen molar-refractivity contribution in [2.75, 3.05) is 16.6 Å². The topological polar surface area (TPSA) is 118 Å². The molecule has 4 rings (SSSR count). The molecule has 1 amide bonds. The summed E-state index contributed by atoms with van der Waals surface area (Å²) in [5.41, 5.74) is 1.56. The fourth-order valence-electron chi connectivity index (χ4n) is 3.44. The van der Waals surface area contributed by atoms with Gasteiger partial charge in [0.2, 0.25) is 21.7 Å². The van der Waals surface area contributed by atoms with E-state index in [1.165, 1.54) is 4.31 Å². The smallest absolute Gasteiger partial charge is 0.252 e. The number of nitrogens with one attached hydrogen (secondary N) is 1. The van der Waals surface area contributed by atoms with E-state index in [9.17, 15) is 13.2 Å². The molecule has 31 heavy (non-hydrogen) atoms. The van der Waals surface area contributed by atoms with Crippen LogP contribution in [0, 0.1) is 5.92 Å². The number of amides is 1. The minimum atomic E-state index is -3.32. The predicted molar refractivity (Wildman–Crippen MR) is 115 cm³/mol. The maximum atomic E-state index is 13.0. The Kier molecular flexibility index (Phi) is 5.73. The van der Waals surface area contributed by atoms with Crippen LogP contribution in [-0.4, -0.2) is 41.7 Å². The number of nitrogens with zero attached hydrogens (tertiary/aromatic N) is 4. The Morgan fingerprint density at radius 1 is 1.23 bits per heavy atom. The van der Waals surface area contributed by atoms with Gasteiger partial charge in [-0.1, -0.05) is 25.1 Å². The van der Waals surface area contributed by atoms with Gasteiger partial charge in [0.15, 0.2) is 0 Å². The summed E-state index contributed by atoms with van der Waals surface area (Å²) in [6.45, 7) is 4.29. The molecule has 1 fully saturated rings. The highest BCUT2D eigenvalue weighted by Gasteiger charge is 2.29. The zero-order chi connectivity index (χ0) is 22.0. The summed E-state index contributed by atoms with van der Waals surface area (Å²) in [6, 6.07) is 9.69. The molecular formula is C21H23N5O4S. The third-order valence-electron chi connectivity index (χ3n) is 5.08. The summed E-state index contributed by atoms with van der Waals surface area (Å²) in [4.78, 5) is 21.4. The lowest BCUT2D eigenvalue weighted by molar-refractivity contribution is 0.0914. The molecule has 10 heteroatoms. The van der Waals surface area contributed by atoms with Crippen LogP contribution in [0.15, 0.2) is 53.3 Å². The molecule has 1 aliphatic rings. The summed E-state index contributed by atoms with van der Waals surface area (Å²) >= 11 is 0. The molecule has 0 spiro atoms. The molecule has 1 aliphatic heterocycles. The van der Waals surface area contributed by atoms with Crippen LogP contribution < -0.4 is 9.62 Å². The lowest BCUT2D eigenvalue weighted by Crippen LogP contribution is -2.32. The van der Waals surface area contributed by atoms with E-state index in [4.69, 9.17) is 4.52 Å². The van der Waals surface area contributed by atoms with Gasteiger partial charge in [0.1, 0.15) is 6.04 Å². The Hall–Kier alpha value is -3.27. The van der Waals surface area contributed by atoms with Gasteiger partial charge in [-0.2, -0.15) is 4.98 Å². The van der Waals surface area contributed by atoms with Gasteiger partial charge in [-0.15, -0.1) is 0 Å². The fourth-order valence-corrected chi connectivity index (χ4v) is 5.00. The highest BCUT2D eigenvalue weighted by Crippen LogP contribution is 2.26. The molecule has 1 saturated heterocycles. The second-order valence-electron chi connectivity index (χ2n) is 7.69. The number of carbonyl (C=O) groups excluding carboxylic acids is 1. The van der Waals surface area contributed by atoms with Crippen LogP contribution in [0.3, 0.4) is 0 Å². The molecule has 0 aliphatic carbocycles. The molecule has 2 aromatic heterocycles. The van der Waals surface area contributed by atoms with Gasteiger partial charge < -0.3 is 9.84 Å². The molecule has 0 bridgehead atoms. The summed E-state index contributed by atoms with van der Waals surface area (Å²) in [7, 11) is -3.32. The van der Waals surface area contributed by atoms with Crippen LogP contribution in [0.2, 0.25) is 0 Å². The second kappa shape index (κ2) is 8.46. The van der Waals surface area contributed by atoms with Crippen molar-refractivity contribution in [1.82, 2.24) is 20.4 Å². The lowest BCUT2D eigenvalue weighted by atomic mass is 10.0. The molecule has 0 radical (unpaired) electrons. The van der Waals surface area contributed by atoms with Crippen molar-refractivity contribution in [2.24, 2.45) is 5.92 Å². The Morgan fingerprint density at radius 2 is 2.06 bits per heavy atom. The number of aromatic nitrogens is 3. The molecule has 3 aromatic rings. The molecule has 1 aromatic carbocycles. The van der Waals surface area contributed by atoms with Gasteiger partial charge in [0.05, 0.1) is 11.4 Å². The second-order valence-corrected chi connectivity index (χ2v) is 9.70. The predicted octanol–water partition coefficient (Wildman–Crippen LogP) is 2.80. The van der Waals surface area contributed by atoms with E-state index in [0.717, 1.165) is 0 Å². The summed E-state index contributed by atoms with van der Waals surface area (Å²) in [5, 5.41) is 6.93. The quantitative estimate of drug-likeness (QED) is 0.625. The van der Waals surface area contributed by atoms with Crippen LogP contribution in [-0.2, 0) is 10.0 Å². The molecule has 162 valence electrons. The zero-order valence-electron chi connectivity index (χ0n) is 17.2. The standard InChI is InChI=1S/C21H23N5O4S/c1-14(2)18(21-24-19(25-30-21)16-7-4-9-22-13-16)23-20(27)15-6-3-8-17(12-15)26-10-5-11-31(26,28)29/h3-4,6-9,12-14,18H,5,10-11H2,1-2H3,(H,23,27)/t18-/m1/s1. The van der Waals surface area contributed by atoms with Crippen molar-refractivity contribution < 1.29 is 17.7 Å². The van der Waals surface area contributed by atoms with Crippen LogP contribution in [0.25, 0.3) is 11.4 Å². The van der Waals surface area contributed by atoms with Crippen LogP contribution in [0.4, 0.5) is 5.69 Å². The fraction of sp³-hybridized carbons (Fsp3) is 0.333. The maximum Gasteiger partial charge on any atom is 0.252 e. The van der Waals surface area contributed by atoms with Crippen molar-refractivity contribution >= 4 is 21.6 Å². The van der Waals surface area contributed by atoms with Gasteiger partial charge in [-0.3, -0.25) is 14.1 Å². The molecule has 1 N–H and O–H groups in total. The van der Waals surface area contributed by atoms with E-state index >= 15 is 0 Å². The highest BCUT2D eigenvalue weighted by atomic mass is 32.2. The van der Waals surface area contributed by atoms with E-state index in [1.54, 1.807) is 42.7 Å². The third kappa shape index (κ3) is 4.43. The molecule has 0 unspecified atom stereocenters. The Balaban J connectivity index is 1.55. The minimum absolute atomic E-state index is 0.0201. The number of hydrogen-bond donors (Lipinski definition) is 1. The van der Waals surface area contributed by atoms with Crippen molar-refractivity contribution in [1.29, 1.82) is 0 Å². The number of pyridine rings is 1. The van der Waals surface area contributed by atoms with E-state index in [2.05, 4.69) is 20.4 Å². The largest absolute Gasteiger partial charge is 0.340 e.